The molecule has 0 saturated heterocycles. The molecule has 0 atom stereocenters. The SMILES string of the molecule is CN(C)c1cccc(-c2nc(-c3ccccc3)no2)c1. The molecule has 20 heavy (non-hydrogen) atoms. The summed E-state index contributed by atoms with van der Waals surface area (Å²) in [6.07, 6.45) is 0. The van der Waals surface area contributed by atoms with Crippen molar-refractivity contribution in [3.8, 4) is 22.8 Å². The highest BCUT2D eigenvalue weighted by Gasteiger charge is 2.10. The van der Waals surface area contributed by atoms with Crippen LogP contribution >= 0.6 is 0 Å². The average molecular weight is 265 g/mol. The molecule has 0 radical (unpaired) electrons. The third kappa shape index (κ3) is 2.40. The van der Waals surface area contributed by atoms with E-state index in [9.17, 15) is 0 Å². The van der Waals surface area contributed by atoms with Gasteiger partial charge in [-0.05, 0) is 18.2 Å². The van der Waals surface area contributed by atoms with E-state index in [4.69, 9.17) is 4.52 Å². The van der Waals surface area contributed by atoms with E-state index in [0.717, 1.165) is 16.8 Å². The Balaban J connectivity index is 1.96. The number of rotatable bonds is 3. The van der Waals surface area contributed by atoms with Crippen molar-refractivity contribution in [3.05, 3.63) is 54.6 Å². The highest BCUT2D eigenvalue weighted by atomic mass is 16.5. The van der Waals surface area contributed by atoms with Crippen LogP contribution in [0.1, 0.15) is 0 Å². The van der Waals surface area contributed by atoms with Crippen molar-refractivity contribution < 1.29 is 4.52 Å². The van der Waals surface area contributed by atoms with E-state index in [-0.39, 0.29) is 0 Å². The van der Waals surface area contributed by atoms with Crippen LogP contribution in [0.3, 0.4) is 0 Å². The van der Waals surface area contributed by atoms with Crippen LogP contribution < -0.4 is 4.90 Å². The number of hydrogen-bond donors (Lipinski definition) is 0. The van der Waals surface area contributed by atoms with Crippen LogP contribution in [-0.2, 0) is 0 Å². The molecule has 100 valence electrons. The molecule has 4 heteroatoms. The third-order valence-corrected chi connectivity index (χ3v) is 3.07. The normalized spacial score (nSPS) is 10.5. The highest BCUT2D eigenvalue weighted by Crippen LogP contribution is 2.24. The first-order valence-electron chi connectivity index (χ1n) is 6.41. The van der Waals surface area contributed by atoms with Gasteiger partial charge in [-0.2, -0.15) is 4.98 Å². The first-order chi connectivity index (χ1) is 9.74. The fourth-order valence-corrected chi connectivity index (χ4v) is 1.96. The summed E-state index contributed by atoms with van der Waals surface area (Å²) in [5, 5.41) is 4.04. The van der Waals surface area contributed by atoms with Gasteiger partial charge in [0.1, 0.15) is 0 Å². The molecular weight excluding hydrogens is 250 g/mol. The zero-order valence-corrected chi connectivity index (χ0v) is 11.4. The molecule has 2 aromatic carbocycles. The van der Waals surface area contributed by atoms with Crippen LogP contribution in [0.4, 0.5) is 5.69 Å². The summed E-state index contributed by atoms with van der Waals surface area (Å²) >= 11 is 0. The Kier molecular flexibility index (Phi) is 3.21. The smallest absolute Gasteiger partial charge is 0.258 e. The summed E-state index contributed by atoms with van der Waals surface area (Å²) in [6.45, 7) is 0. The summed E-state index contributed by atoms with van der Waals surface area (Å²) in [6, 6.07) is 17.8. The minimum Gasteiger partial charge on any atom is -0.378 e. The van der Waals surface area contributed by atoms with Gasteiger partial charge in [0.2, 0.25) is 5.82 Å². The fourth-order valence-electron chi connectivity index (χ4n) is 1.96. The van der Waals surface area contributed by atoms with Gasteiger partial charge in [0.05, 0.1) is 0 Å². The summed E-state index contributed by atoms with van der Waals surface area (Å²) in [7, 11) is 4.00. The van der Waals surface area contributed by atoms with Crippen LogP contribution in [0.2, 0.25) is 0 Å². The number of hydrogen-bond acceptors (Lipinski definition) is 4. The Hall–Kier alpha value is -2.62. The second-order valence-corrected chi connectivity index (χ2v) is 4.73. The van der Waals surface area contributed by atoms with Gasteiger partial charge < -0.3 is 9.42 Å². The molecule has 0 fully saturated rings. The number of benzene rings is 2. The van der Waals surface area contributed by atoms with E-state index in [0.29, 0.717) is 11.7 Å². The van der Waals surface area contributed by atoms with Gasteiger partial charge in [-0.25, -0.2) is 0 Å². The lowest BCUT2D eigenvalue weighted by molar-refractivity contribution is 0.432. The van der Waals surface area contributed by atoms with Gasteiger partial charge in [0.25, 0.3) is 5.89 Å². The van der Waals surface area contributed by atoms with Crippen LogP contribution in [0.25, 0.3) is 22.8 Å². The maximum Gasteiger partial charge on any atom is 0.258 e. The minimum atomic E-state index is 0.535. The topological polar surface area (TPSA) is 42.2 Å². The van der Waals surface area contributed by atoms with E-state index in [2.05, 4.69) is 10.1 Å². The summed E-state index contributed by atoms with van der Waals surface area (Å²) in [5.41, 5.74) is 2.97. The van der Waals surface area contributed by atoms with Crippen molar-refractivity contribution in [2.24, 2.45) is 0 Å². The second kappa shape index (κ2) is 5.17. The first-order valence-corrected chi connectivity index (χ1v) is 6.41. The summed E-state index contributed by atoms with van der Waals surface area (Å²) in [5.74, 6) is 1.14. The second-order valence-electron chi connectivity index (χ2n) is 4.73. The van der Waals surface area contributed by atoms with Crippen molar-refractivity contribution in [3.63, 3.8) is 0 Å². The summed E-state index contributed by atoms with van der Waals surface area (Å²) in [4.78, 5) is 6.49. The Labute approximate surface area is 117 Å². The zero-order valence-electron chi connectivity index (χ0n) is 11.4. The van der Waals surface area contributed by atoms with Gasteiger partial charge >= 0.3 is 0 Å². The Morgan fingerprint density at radius 2 is 1.65 bits per heavy atom. The van der Waals surface area contributed by atoms with Gasteiger partial charge in [-0.15, -0.1) is 0 Å². The Bertz CT molecular complexity index is 705. The summed E-state index contributed by atoms with van der Waals surface area (Å²) < 4.78 is 5.36. The predicted molar refractivity (Wildman–Crippen MR) is 79.5 cm³/mol. The number of anilines is 1. The molecule has 0 bridgehead atoms. The van der Waals surface area contributed by atoms with Crippen molar-refractivity contribution in [1.82, 2.24) is 10.1 Å². The molecule has 0 aliphatic rings. The van der Waals surface area contributed by atoms with Gasteiger partial charge in [0.15, 0.2) is 0 Å². The van der Waals surface area contributed by atoms with Crippen LogP contribution in [-0.4, -0.2) is 24.2 Å². The molecule has 0 unspecified atom stereocenters. The molecule has 0 saturated carbocycles. The predicted octanol–water partition coefficient (Wildman–Crippen LogP) is 3.47. The maximum atomic E-state index is 5.36. The van der Waals surface area contributed by atoms with Crippen molar-refractivity contribution in [1.29, 1.82) is 0 Å². The van der Waals surface area contributed by atoms with Crippen molar-refractivity contribution in [2.45, 2.75) is 0 Å². The Morgan fingerprint density at radius 3 is 2.40 bits per heavy atom. The van der Waals surface area contributed by atoms with Crippen molar-refractivity contribution >= 4 is 5.69 Å². The minimum absolute atomic E-state index is 0.535. The third-order valence-electron chi connectivity index (χ3n) is 3.07. The number of aromatic nitrogens is 2. The maximum absolute atomic E-state index is 5.36. The van der Waals surface area contributed by atoms with Gasteiger partial charge in [-0.1, -0.05) is 41.6 Å². The standard InChI is InChI=1S/C16H15N3O/c1-19(2)14-10-6-9-13(11-14)16-17-15(18-20-16)12-7-4-3-5-8-12/h3-11H,1-2H3. The van der Waals surface area contributed by atoms with Gasteiger partial charge in [-0.3, -0.25) is 0 Å². The van der Waals surface area contributed by atoms with Crippen LogP contribution in [0, 0.1) is 0 Å². The van der Waals surface area contributed by atoms with Crippen LogP contribution in [0.15, 0.2) is 59.1 Å². The van der Waals surface area contributed by atoms with E-state index < -0.39 is 0 Å². The molecule has 0 aliphatic heterocycles. The van der Waals surface area contributed by atoms with E-state index in [1.807, 2.05) is 73.6 Å². The average Bonchev–Trinajstić information content (AvgIpc) is 2.98. The van der Waals surface area contributed by atoms with E-state index >= 15 is 0 Å². The molecule has 1 heterocycles. The fraction of sp³-hybridized carbons (Fsp3) is 0.125. The molecular formula is C16H15N3O. The molecule has 0 aliphatic carbocycles. The zero-order chi connectivity index (χ0) is 13.9. The van der Waals surface area contributed by atoms with E-state index in [1.54, 1.807) is 0 Å². The largest absolute Gasteiger partial charge is 0.378 e. The lowest BCUT2D eigenvalue weighted by Gasteiger charge is -2.12. The monoisotopic (exact) mass is 265 g/mol. The van der Waals surface area contributed by atoms with E-state index in [1.165, 1.54) is 0 Å². The lowest BCUT2D eigenvalue weighted by atomic mass is 10.2. The molecule has 0 amide bonds. The molecule has 1 aromatic heterocycles. The molecule has 4 nitrogen and oxygen atoms in total. The molecule has 0 spiro atoms. The molecule has 0 N–H and O–H groups in total. The quantitative estimate of drug-likeness (QED) is 0.727. The Morgan fingerprint density at radius 1 is 0.900 bits per heavy atom. The van der Waals surface area contributed by atoms with Gasteiger partial charge in [0, 0.05) is 30.9 Å². The highest BCUT2D eigenvalue weighted by molar-refractivity contribution is 5.64. The van der Waals surface area contributed by atoms with Crippen LogP contribution in [0.5, 0.6) is 0 Å². The lowest BCUT2D eigenvalue weighted by Crippen LogP contribution is -2.08. The first kappa shape index (κ1) is 12.4. The molecule has 3 aromatic rings. The number of nitrogens with zero attached hydrogens (tertiary/aromatic N) is 3. The van der Waals surface area contributed by atoms with Crippen molar-refractivity contribution in [2.75, 3.05) is 19.0 Å². The molecule has 3 rings (SSSR count).